The van der Waals surface area contributed by atoms with Gasteiger partial charge in [-0.2, -0.15) is 0 Å². The van der Waals surface area contributed by atoms with Crippen LogP contribution >= 0.6 is 0 Å². The first-order valence-electron chi connectivity index (χ1n) is 0. The van der Waals surface area contributed by atoms with Gasteiger partial charge < -0.3 is 17.1 Å². The van der Waals surface area contributed by atoms with Crippen molar-refractivity contribution >= 4 is 0 Å². The van der Waals surface area contributed by atoms with Crippen molar-refractivity contribution < 1.29 is 55.1 Å². The first kappa shape index (κ1) is 101. The molecule has 3 N–H and O–H groups in total. The summed E-state index contributed by atoms with van der Waals surface area (Å²) in [6.07, 6.45) is 0. The summed E-state index contributed by atoms with van der Waals surface area (Å²) < 4.78 is 0. The van der Waals surface area contributed by atoms with E-state index in [4.69, 9.17) is 0 Å². The summed E-state index contributed by atoms with van der Waals surface area (Å²) in [5.74, 6) is 0. The van der Waals surface area contributed by atoms with Gasteiger partial charge in [-0.3, -0.25) is 0 Å². The Hall–Kier alpha value is 1.33. The van der Waals surface area contributed by atoms with Crippen molar-refractivity contribution in [1.82, 2.24) is 6.15 Å². The first-order valence-corrected chi connectivity index (χ1v) is 0. The Morgan fingerprint density at radius 3 is 0.800 bits per heavy atom. The molecule has 0 atom stereocenters. The van der Waals surface area contributed by atoms with Gasteiger partial charge in [0.25, 0.3) is 0 Å². The monoisotopic (exact) mass is 190 g/mol. The van der Waals surface area contributed by atoms with Crippen LogP contribution in [0.5, 0.6) is 0 Å². The molecule has 0 fully saturated rings. The topological polar surface area (TPSA) is 92.0 Å². The van der Waals surface area contributed by atoms with Gasteiger partial charge in [0.05, 0.1) is 0 Å². The van der Waals surface area contributed by atoms with Gasteiger partial charge in [0.15, 0.2) is 0 Å². The van der Waals surface area contributed by atoms with Gasteiger partial charge in [-0.25, -0.2) is 0 Å². The third kappa shape index (κ3) is 33.3. The second kappa shape index (κ2) is 56.3. The Morgan fingerprint density at radius 1 is 0.800 bits per heavy atom. The quantitative estimate of drug-likeness (QED) is 0.531. The Morgan fingerprint density at radius 2 is 0.800 bits per heavy atom. The van der Waals surface area contributed by atoms with Gasteiger partial charge in [-0.15, -0.1) is 0 Å². The molecular weight excluding hydrogens is 187 g/mol. The van der Waals surface area contributed by atoms with Crippen LogP contribution in [0.15, 0.2) is 0 Å². The minimum Gasteiger partial charge on any atom is -2.00 e. The van der Waals surface area contributed by atoms with Crippen molar-refractivity contribution in [2.75, 3.05) is 0 Å². The molecule has 0 rings (SSSR count). The Kier molecular flexibility index (Phi) is 1140. The molecule has 0 spiro atoms. The van der Waals surface area contributed by atoms with E-state index in [-0.39, 0.29) is 61.2 Å². The van der Waals surface area contributed by atoms with Crippen molar-refractivity contribution in [1.29, 1.82) is 0 Å². The van der Waals surface area contributed by atoms with Crippen LogP contribution in [0.2, 0.25) is 0 Å². The predicted molar refractivity (Wildman–Crippen MR) is 6.40 cm³/mol. The van der Waals surface area contributed by atoms with Crippen molar-refractivity contribution in [2.24, 2.45) is 0 Å². The summed E-state index contributed by atoms with van der Waals surface area (Å²) in [6.45, 7) is 0. The Balaban J connectivity index is 0. The van der Waals surface area contributed by atoms with E-state index in [1.807, 2.05) is 0 Å². The number of hydrogen-bond acceptors (Lipinski definition) is 1. The molecule has 0 aromatic heterocycles. The van der Waals surface area contributed by atoms with Crippen LogP contribution in [0.1, 0.15) is 0 Å². The fourth-order valence-electron chi connectivity index (χ4n) is 0. The first-order chi connectivity index (χ1) is 0. The average molecular weight is 190 g/mol. The largest absolute Gasteiger partial charge is 4.00 e. The van der Waals surface area contributed by atoms with Crippen LogP contribution in [-0.2, 0) is 55.1 Å². The van der Waals surface area contributed by atoms with Gasteiger partial charge in [-0.1, -0.05) is 0 Å². The molecule has 5 heteroatoms. The van der Waals surface area contributed by atoms with Crippen LogP contribution in [0.4, 0.5) is 0 Å². The summed E-state index contributed by atoms with van der Waals surface area (Å²) in [4.78, 5) is 0. The molecule has 3 nitrogen and oxygen atoms in total. The van der Waals surface area contributed by atoms with Crippen LogP contribution in [0, 0.1) is 0 Å². The normalized spacial score (nSPS) is 0. The minimum atomic E-state index is 0. The zero-order valence-corrected chi connectivity index (χ0v) is 6.23. The fourth-order valence-corrected chi connectivity index (χ4v) is 0. The zero-order valence-electron chi connectivity index (χ0n) is 2.47. The molecule has 0 saturated carbocycles. The van der Waals surface area contributed by atoms with E-state index >= 15 is 0 Å². The van der Waals surface area contributed by atoms with Crippen molar-refractivity contribution in [3.63, 3.8) is 0 Å². The number of rotatable bonds is 0. The summed E-state index contributed by atoms with van der Waals surface area (Å²) in [5, 5.41) is 0. The van der Waals surface area contributed by atoms with Crippen molar-refractivity contribution in [3.05, 3.63) is 0 Å². The molecule has 0 aliphatic rings. The van der Waals surface area contributed by atoms with Gasteiger partial charge in [0.2, 0.25) is 0 Å². The maximum atomic E-state index is 0. The summed E-state index contributed by atoms with van der Waals surface area (Å²) >= 11 is 0. The molecule has 0 aliphatic heterocycles. The molecule has 0 unspecified atom stereocenters. The predicted octanol–water partition coefficient (Wildman–Crippen LogP) is -0.0806. The molecule has 0 saturated heterocycles. The fraction of sp³-hybridized carbons (Fsp3) is 0. The maximum Gasteiger partial charge on any atom is 4.00 e. The molecule has 0 aromatic rings. The molecule has 1 radical (unpaired) electrons. The average Bonchev–Trinajstić information content (AvgIpc) is 0. The van der Waals surface area contributed by atoms with E-state index < -0.39 is 0 Å². The Bertz CT molecular complexity index is 9.61. The van der Waals surface area contributed by atoms with E-state index in [9.17, 15) is 0 Å². The smallest absolute Gasteiger partial charge is 2.00 e. The SMILES string of the molecule is N.[Nb].[O-2].[O-2].[Ti+4]. The van der Waals surface area contributed by atoms with Crippen molar-refractivity contribution in [2.45, 2.75) is 0 Å². The van der Waals surface area contributed by atoms with Gasteiger partial charge in [-0.05, 0) is 0 Å². The maximum absolute atomic E-state index is 0. The molecule has 29 valence electrons. The van der Waals surface area contributed by atoms with Crippen LogP contribution in [0.3, 0.4) is 0 Å². The minimum absolute atomic E-state index is 0. The standard InChI is InChI=1S/H3N.Nb.2O.Ti/h1H3;;;;/q;;2*-2;+4. The second-order valence-electron chi connectivity index (χ2n) is 0. The molecule has 0 bridgehead atoms. The van der Waals surface area contributed by atoms with E-state index in [0.29, 0.717) is 0 Å². The molecule has 0 aromatic carbocycles. The van der Waals surface area contributed by atoms with E-state index in [2.05, 4.69) is 0 Å². The Labute approximate surface area is 61.1 Å². The molecule has 5 heavy (non-hydrogen) atoms. The van der Waals surface area contributed by atoms with Crippen LogP contribution in [0.25, 0.3) is 0 Å². The van der Waals surface area contributed by atoms with Crippen molar-refractivity contribution in [3.8, 4) is 0 Å². The van der Waals surface area contributed by atoms with Gasteiger partial charge >= 0.3 is 21.7 Å². The number of hydrogen-bond donors (Lipinski definition) is 1. The van der Waals surface area contributed by atoms with E-state index in [1.165, 1.54) is 0 Å². The van der Waals surface area contributed by atoms with E-state index in [0.717, 1.165) is 0 Å². The molecule has 0 aliphatic carbocycles. The molecule has 0 heterocycles. The van der Waals surface area contributed by atoms with Crippen LogP contribution in [-0.4, -0.2) is 0 Å². The van der Waals surface area contributed by atoms with Gasteiger partial charge in [0.1, 0.15) is 0 Å². The summed E-state index contributed by atoms with van der Waals surface area (Å²) in [5.41, 5.74) is 0. The molecular formula is H3NNbO2Ti. The van der Waals surface area contributed by atoms with E-state index in [1.54, 1.807) is 0 Å². The summed E-state index contributed by atoms with van der Waals surface area (Å²) in [6, 6.07) is 0. The third-order valence-electron chi connectivity index (χ3n) is 0. The van der Waals surface area contributed by atoms with Crippen LogP contribution < -0.4 is 6.15 Å². The summed E-state index contributed by atoms with van der Waals surface area (Å²) in [7, 11) is 0. The van der Waals surface area contributed by atoms with Gasteiger partial charge in [0, 0.05) is 22.4 Å². The third-order valence-corrected chi connectivity index (χ3v) is 0. The second-order valence-corrected chi connectivity index (χ2v) is 0. The zero-order chi connectivity index (χ0) is 0. The molecule has 0 amide bonds.